The van der Waals surface area contributed by atoms with Crippen LogP contribution >= 0.6 is 11.8 Å². The Labute approximate surface area is 176 Å². The van der Waals surface area contributed by atoms with E-state index in [1.165, 1.54) is 0 Å². The van der Waals surface area contributed by atoms with Gasteiger partial charge in [0.2, 0.25) is 11.8 Å². The summed E-state index contributed by atoms with van der Waals surface area (Å²) in [5.41, 5.74) is 0. The minimum Gasteiger partial charge on any atom is -0.311 e. The fraction of sp³-hybridized carbons (Fsp3) is 0.600. The van der Waals surface area contributed by atoms with Crippen LogP contribution in [-0.2, 0) is 9.59 Å². The largest absolute Gasteiger partial charge is 0.311 e. The maximum absolute atomic E-state index is 12.2. The summed E-state index contributed by atoms with van der Waals surface area (Å²) in [4.78, 5) is 24.3. The maximum Gasteiger partial charge on any atom is 0.226 e. The molecule has 0 aliphatic heterocycles. The molecule has 2 heterocycles. The van der Waals surface area contributed by atoms with Gasteiger partial charge in [0, 0.05) is 36.5 Å². The molecule has 160 valence electrons. The molecule has 0 aromatic carbocycles. The molecule has 2 unspecified atom stereocenters. The molecule has 2 atom stereocenters. The SMILES string of the molecule is CCC(C)n1nccc1NC(=O)CCSCCC(=O)Nc1ccnn1C(C)CC. The van der Waals surface area contributed by atoms with Gasteiger partial charge in [-0.2, -0.15) is 22.0 Å². The van der Waals surface area contributed by atoms with Gasteiger partial charge in [-0.15, -0.1) is 0 Å². The summed E-state index contributed by atoms with van der Waals surface area (Å²) in [6.07, 6.45) is 6.09. The zero-order valence-corrected chi connectivity index (χ0v) is 18.5. The Balaban J connectivity index is 1.66. The predicted octanol–water partition coefficient (Wildman–Crippen LogP) is 4.11. The highest BCUT2D eigenvalue weighted by molar-refractivity contribution is 7.99. The van der Waals surface area contributed by atoms with Crippen molar-refractivity contribution in [3.63, 3.8) is 0 Å². The molecule has 2 aromatic rings. The topological polar surface area (TPSA) is 93.8 Å². The van der Waals surface area contributed by atoms with Gasteiger partial charge in [0.15, 0.2) is 0 Å². The lowest BCUT2D eigenvalue weighted by atomic mass is 10.3. The number of nitrogens with zero attached hydrogens (tertiary/aromatic N) is 4. The van der Waals surface area contributed by atoms with Crippen LogP contribution in [0, 0.1) is 0 Å². The summed E-state index contributed by atoms with van der Waals surface area (Å²) in [6, 6.07) is 4.10. The van der Waals surface area contributed by atoms with Crippen LogP contribution in [0.25, 0.3) is 0 Å². The van der Waals surface area contributed by atoms with Gasteiger partial charge < -0.3 is 10.6 Å². The number of aromatic nitrogens is 4. The molecule has 0 fully saturated rings. The van der Waals surface area contributed by atoms with Crippen molar-refractivity contribution < 1.29 is 9.59 Å². The lowest BCUT2D eigenvalue weighted by Crippen LogP contribution is -2.18. The molecule has 0 aliphatic carbocycles. The number of hydrogen-bond acceptors (Lipinski definition) is 5. The maximum atomic E-state index is 12.2. The normalized spacial score (nSPS) is 13.1. The van der Waals surface area contributed by atoms with Crippen LogP contribution < -0.4 is 10.6 Å². The molecule has 0 spiro atoms. The third-order valence-electron chi connectivity index (χ3n) is 4.84. The van der Waals surface area contributed by atoms with Crippen molar-refractivity contribution in [2.75, 3.05) is 22.1 Å². The molecule has 0 saturated carbocycles. The molecule has 2 amide bonds. The number of hydrogen-bond donors (Lipinski definition) is 2. The molecule has 2 N–H and O–H groups in total. The summed E-state index contributed by atoms with van der Waals surface area (Å²) < 4.78 is 3.67. The van der Waals surface area contributed by atoms with E-state index in [9.17, 15) is 9.59 Å². The third kappa shape index (κ3) is 6.92. The Morgan fingerprint density at radius 1 is 0.897 bits per heavy atom. The molecule has 29 heavy (non-hydrogen) atoms. The van der Waals surface area contributed by atoms with E-state index >= 15 is 0 Å². The van der Waals surface area contributed by atoms with Crippen LogP contribution in [0.5, 0.6) is 0 Å². The van der Waals surface area contributed by atoms with Crippen molar-refractivity contribution in [3.05, 3.63) is 24.5 Å². The standard InChI is InChI=1S/C20H32N6O2S/c1-5-15(3)25-17(7-11-21-25)23-19(27)9-13-29-14-10-20(28)24-18-8-12-22-26(18)16(4)6-2/h7-8,11-12,15-16H,5-6,9-10,13-14H2,1-4H3,(H,23,27)(H,24,28). The van der Waals surface area contributed by atoms with Crippen LogP contribution in [0.1, 0.15) is 65.5 Å². The van der Waals surface area contributed by atoms with E-state index in [1.54, 1.807) is 24.2 Å². The first-order chi connectivity index (χ1) is 14.0. The van der Waals surface area contributed by atoms with Gasteiger partial charge in [-0.25, -0.2) is 9.36 Å². The second kappa shape index (κ2) is 11.6. The van der Waals surface area contributed by atoms with E-state index in [0.717, 1.165) is 24.5 Å². The zero-order valence-electron chi connectivity index (χ0n) is 17.7. The minimum atomic E-state index is -0.0375. The summed E-state index contributed by atoms with van der Waals surface area (Å²) in [7, 11) is 0. The van der Waals surface area contributed by atoms with Crippen molar-refractivity contribution >= 4 is 35.2 Å². The van der Waals surface area contributed by atoms with Crippen molar-refractivity contribution in [3.8, 4) is 0 Å². The molecule has 9 heteroatoms. The molecule has 8 nitrogen and oxygen atoms in total. The molecule has 2 rings (SSSR count). The average Bonchev–Trinajstić information content (AvgIpc) is 3.36. The van der Waals surface area contributed by atoms with Crippen LogP contribution in [0.15, 0.2) is 24.5 Å². The van der Waals surface area contributed by atoms with Gasteiger partial charge in [0.25, 0.3) is 0 Å². The summed E-state index contributed by atoms with van der Waals surface area (Å²) >= 11 is 1.60. The highest BCUT2D eigenvalue weighted by Crippen LogP contribution is 2.18. The molecule has 0 aliphatic rings. The Bertz CT molecular complexity index is 723. The number of rotatable bonds is 12. The van der Waals surface area contributed by atoms with E-state index in [1.807, 2.05) is 21.5 Å². The number of thioether (sulfide) groups is 1. The summed E-state index contributed by atoms with van der Waals surface area (Å²) in [5.74, 6) is 2.72. The zero-order chi connectivity index (χ0) is 21.2. The van der Waals surface area contributed by atoms with Crippen LogP contribution in [-0.4, -0.2) is 42.9 Å². The monoisotopic (exact) mass is 420 g/mol. The molecular weight excluding hydrogens is 388 g/mol. The first kappa shape index (κ1) is 23.0. The van der Waals surface area contributed by atoms with Crippen LogP contribution in [0.2, 0.25) is 0 Å². The Kier molecular flexibility index (Phi) is 9.24. The minimum absolute atomic E-state index is 0.0375. The number of anilines is 2. The number of carbonyl (C=O) groups is 2. The number of nitrogens with one attached hydrogen (secondary N) is 2. The fourth-order valence-corrected chi connectivity index (χ4v) is 3.58. The molecular formula is C20H32N6O2S. The highest BCUT2D eigenvalue weighted by atomic mass is 32.2. The van der Waals surface area contributed by atoms with Crippen LogP contribution in [0.4, 0.5) is 11.6 Å². The van der Waals surface area contributed by atoms with Gasteiger partial charge in [-0.3, -0.25) is 9.59 Å². The first-order valence-electron chi connectivity index (χ1n) is 10.2. The third-order valence-corrected chi connectivity index (χ3v) is 5.82. The van der Waals surface area contributed by atoms with E-state index in [2.05, 4.69) is 48.5 Å². The van der Waals surface area contributed by atoms with Gasteiger partial charge >= 0.3 is 0 Å². The first-order valence-corrected chi connectivity index (χ1v) is 11.4. The molecule has 2 aromatic heterocycles. The number of amides is 2. The average molecular weight is 421 g/mol. The van der Waals surface area contributed by atoms with Gasteiger partial charge in [-0.05, 0) is 26.7 Å². The Morgan fingerprint density at radius 2 is 1.31 bits per heavy atom. The molecule has 0 saturated heterocycles. The van der Waals surface area contributed by atoms with Gasteiger partial charge in [0.1, 0.15) is 11.6 Å². The van der Waals surface area contributed by atoms with Crippen LogP contribution in [0.3, 0.4) is 0 Å². The second-order valence-electron chi connectivity index (χ2n) is 7.05. The lowest BCUT2D eigenvalue weighted by molar-refractivity contribution is -0.116. The van der Waals surface area contributed by atoms with Crippen molar-refractivity contribution in [2.24, 2.45) is 0 Å². The highest BCUT2D eigenvalue weighted by Gasteiger charge is 2.12. The predicted molar refractivity (Wildman–Crippen MR) is 118 cm³/mol. The second-order valence-corrected chi connectivity index (χ2v) is 8.27. The smallest absolute Gasteiger partial charge is 0.226 e. The van der Waals surface area contributed by atoms with Gasteiger partial charge in [-0.1, -0.05) is 13.8 Å². The van der Waals surface area contributed by atoms with E-state index in [4.69, 9.17) is 0 Å². The van der Waals surface area contributed by atoms with Crippen molar-refractivity contribution in [1.82, 2.24) is 19.6 Å². The van der Waals surface area contributed by atoms with E-state index in [-0.39, 0.29) is 23.9 Å². The fourth-order valence-electron chi connectivity index (χ4n) is 2.72. The molecule has 0 radical (unpaired) electrons. The quantitative estimate of drug-likeness (QED) is 0.504. The Hall–Kier alpha value is -2.29. The lowest BCUT2D eigenvalue weighted by Gasteiger charge is -2.14. The summed E-state index contributed by atoms with van der Waals surface area (Å²) in [5, 5.41) is 14.4. The van der Waals surface area contributed by atoms with Gasteiger partial charge in [0.05, 0.1) is 24.5 Å². The van der Waals surface area contributed by atoms with Crippen molar-refractivity contribution in [2.45, 2.75) is 65.5 Å². The Morgan fingerprint density at radius 3 is 1.69 bits per heavy atom. The molecule has 0 bridgehead atoms. The van der Waals surface area contributed by atoms with Crippen molar-refractivity contribution in [1.29, 1.82) is 0 Å². The number of carbonyl (C=O) groups excluding carboxylic acids is 2. The van der Waals surface area contributed by atoms with E-state index in [0.29, 0.717) is 24.3 Å². The van der Waals surface area contributed by atoms with E-state index < -0.39 is 0 Å². The summed E-state index contributed by atoms with van der Waals surface area (Å²) in [6.45, 7) is 8.31.